The maximum absolute atomic E-state index is 14.6. The summed E-state index contributed by atoms with van der Waals surface area (Å²) < 4.78 is 14.6. The highest BCUT2D eigenvalue weighted by molar-refractivity contribution is 5.37. The third kappa shape index (κ3) is 2.63. The Balaban J connectivity index is 2.44. The molecule has 1 nitrogen and oxygen atoms in total. The molecule has 1 aliphatic carbocycles. The summed E-state index contributed by atoms with van der Waals surface area (Å²) in [6.07, 6.45) is 1.07. The molecule has 2 rings (SSSR count). The molecule has 0 heterocycles. The lowest BCUT2D eigenvalue weighted by Crippen LogP contribution is -2.28. The molecule has 1 fully saturated rings. The van der Waals surface area contributed by atoms with E-state index < -0.39 is 0 Å². The first-order chi connectivity index (χ1) is 9.64. The van der Waals surface area contributed by atoms with Crippen molar-refractivity contribution in [3.8, 4) is 0 Å². The van der Waals surface area contributed by atoms with Crippen LogP contribution >= 0.6 is 0 Å². The van der Waals surface area contributed by atoms with Gasteiger partial charge in [0.2, 0.25) is 0 Å². The Labute approximate surface area is 129 Å². The molecule has 0 bridgehead atoms. The van der Waals surface area contributed by atoms with Crippen LogP contribution in [0.4, 0.5) is 4.39 Å². The summed E-state index contributed by atoms with van der Waals surface area (Å²) in [5.74, 6) is 0.409. The van der Waals surface area contributed by atoms with Crippen LogP contribution < -0.4 is 5.32 Å². The quantitative estimate of drug-likeness (QED) is 0.789. The van der Waals surface area contributed by atoms with Crippen molar-refractivity contribution < 1.29 is 4.39 Å². The molecule has 21 heavy (non-hydrogen) atoms. The van der Waals surface area contributed by atoms with Gasteiger partial charge in [0.05, 0.1) is 0 Å². The van der Waals surface area contributed by atoms with Crippen LogP contribution in [0.2, 0.25) is 0 Å². The molecule has 0 spiro atoms. The average molecular weight is 291 g/mol. The van der Waals surface area contributed by atoms with Gasteiger partial charge >= 0.3 is 0 Å². The topological polar surface area (TPSA) is 12.0 Å². The van der Waals surface area contributed by atoms with Crippen molar-refractivity contribution in [1.29, 1.82) is 0 Å². The van der Waals surface area contributed by atoms with E-state index in [4.69, 9.17) is 0 Å². The normalized spacial score (nSPS) is 21.3. The maximum atomic E-state index is 14.6. The maximum Gasteiger partial charge on any atom is 0.128 e. The fourth-order valence-corrected chi connectivity index (χ4v) is 4.09. The molecule has 1 unspecified atom stereocenters. The van der Waals surface area contributed by atoms with Crippen molar-refractivity contribution >= 4 is 0 Å². The Hall–Kier alpha value is -0.890. The van der Waals surface area contributed by atoms with E-state index in [0.717, 1.165) is 29.7 Å². The number of hydrogen-bond acceptors (Lipinski definition) is 1. The van der Waals surface area contributed by atoms with E-state index >= 15 is 0 Å². The van der Waals surface area contributed by atoms with Crippen LogP contribution in [0.15, 0.2) is 12.1 Å². The fraction of sp³-hybridized carbons (Fsp3) is 0.684. The van der Waals surface area contributed by atoms with Gasteiger partial charge in [0, 0.05) is 11.6 Å². The molecule has 2 heteroatoms. The van der Waals surface area contributed by atoms with Gasteiger partial charge < -0.3 is 5.32 Å². The van der Waals surface area contributed by atoms with E-state index in [1.165, 1.54) is 0 Å². The zero-order valence-electron chi connectivity index (χ0n) is 14.6. The Bertz CT molecular complexity index is 493. The van der Waals surface area contributed by atoms with Crippen LogP contribution in [0.5, 0.6) is 0 Å². The molecular weight excluding hydrogens is 261 g/mol. The number of halogens is 1. The van der Waals surface area contributed by atoms with Crippen LogP contribution in [0.1, 0.15) is 63.8 Å². The highest BCUT2D eigenvalue weighted by Crippen LogP contribution is 2.72. The third-order valence-electron chi connectivity index (χ3n) is 5.87. The van der Waals surface area contributed by atoms with E-state index in [1.807, 2.05) is 13.8 Å². The number of aryl methyl sites for hydroxylation is 2. The zero-order valence-corrected chi connectivity index (χ0v) is 14.6. The third-order valence-corrected chi connectivity index (χ3v) is 5.87. The van der Waals surface area contributed by atoms with E-state index in [9.17, 15) is 4.39 Å². The van der Waals surface area contributed by atoms with Gasteiger partial charge in [-0.05, 0) is 60.8 Å². The monoisotopic (exact) mass is 291 g/mol. The molecule has 0 aromatic heterocycles. The minimum atomic E-state index is -0.0559. The zero-order chi connectivity index (χ0) is 16.0. The number of benzene rings is 1. The molecule has 1 N–H and O–H groups in total. The first-order valence-electron chi connectivity index (χ1n) is 8.14. The van der Waals surface area contributed by atoms with Crippen molar-refractivity contribution in [3.05, 3.63) is 34.6 Å². The largest absolute Gasteiger partial charge is 0.310 e. The second kappa shape index (κ2) is 5.39. The lowest BCUT2D eigenvalue weighted by atomic mass is 9.91. The predicted molar refractivity (Wildman–Crippen MR) is 88.0 cm³/mol. The summed E-state index contributed by atoms with van der Waals surface area (Å²) in [6.45, 7) is 16.3. The van der Waals surface area contributed by atoms with E-state index in [1.54, 1.807) is 6.07 Å². The minimum absolute atomic E-state index is 0.0559. The minimum Gasteiger partial charge on any atom is -0.310 e. The fourth-order valence-electron chi connectivity index (χ4n) is 4.09. The summed E-state index contributed by atoms with van der Waals surface area (Å²) in [5, 5.41) is 3.62. The molecule has 0 aliphatic heterocycles. The van der Waals surface area contributed by atoms with Crippen LogP contribution in [0, 0.1) is 36.4 Å². The van der Waals surface area contributed by atoms with Gasteiger partial charge in [0.1, 0.15) is 5.82 Å². The second-order valence-corrected chi connectivity index (χ2v) is 7.83. The van der Waals surface area contributed by atoms with Crippen LogP contribution in [0.3, 0.4) is 0 Å². The first-order valence-corrected chi connectivity index (χ1v) is 8.14. The summed E-state index contributed by atoms with van der Waals surface area (Å²) in [6, 6.07) is 3.88. The van der Waals surface area contributed by atoms with Crippen molar-refractivity contribution in [3.63, 3.8) is 0 Å². The standard InChI is InChI=1S/C19H30FN/c1-8-9-21-16(17-18(4,5)19(17,6)7)15-13(3)10-12(2)11-14(15)20/h10-11,16-17,21H,8-9H2,1-7H3. The molecule has 1 aromatic rings. The Morgan fingerprint density at radius 3 is 2.14 bits per heavy atom. The molecule has 1 aliphatic rings. The highest BCUT2D eigenvalue weighted by Gasteiger charge is 2.67. The van der Waals surface area contributed by atoms with E-state index in [-0.39, 0.29) is 22.7 Å². The van der Waals surface area contributed by atoms with Gasteiger partial charge in [-0.2, -0.15) is 0 Å². The van der Waals surface area contributed by atoms with Crippen molar-refractivity contribution in [2.24, 2.45) is 16.7 Å². The SMILES string of the molecule is CCCNC(c1c(C)cc(C)cc1F)C1C(C)(C)C1(C)C. The number of rotatable bonds is 5. The molecule has 0 amide bonds. The highest BCUT2D eigenvalue weighted by atomic mass is 19.1. The van der Waals surface area contributed by atoms with Gasteiger partial charge in [0.15, 0.2) is 0 Å². The number of nitrogens with one attached hydrogen (secondary N) is 1. The average Bonchev–Trinajstić information content (AvgIpc) is 2.73. The van der Waals surface area contributed by atoms with Gasteiger partial charge in [-0.15, -0.1) is 0 Å². The van der Waals surface area contributed by atoms with Gasteiger partial charge in [-0.1, -0.05) is 40.7 Å². The molecule has 0 saturated heterocycles. The molecular formula is C19H30FN. The first kappa shape index (κ1) is 16.5. The van der Waals surface area contributed by atoms with Crippen molar-refractivity contribution in [1.82, 2.24) is 5.32 Å². The Morgan fingerprint density at radius 1 is 1.14 bits per heavy atom. The lowest BCUT2D eigenvalue weighted by molar-refractivity contribution is 0.394. The smallest absolute Gasteiger partial charge is 0.128 e. The Kier molecular flexibility index (Phi) is 4.23. The Morgan fingerprint density at radius 2 is 1.71 bits per heavy atom. The molecule has 118 valence electrons. The summed E-state index contributed by atoms with van der Waals surface area (Å²) >= 11 is 0. The van der Waals surface area contributed by atoms with Crippen LogP contribution in [0.25, 0.3) is 0 Å². The van der Waals surface area contributed by atoms with E-state index in [0.29, 0.717) is 5.92 Å². The molecule has 1 aromatic carbocycles. The van der Waals surface area contributed by atoms with Gasteiger partial charge in [-0.25, -0.2) is 4.39 Å². The van der Waals surface area contributed by atoms with Crippen molar-refractivity contribution in [2.75, 3.05) is 6.54 Å². The lowest BCUT2D eigenvalue weighted by Gasteiger charge is -2.24. The molecule has 0 radical (unpaired) electrons. The second-order valence-electron chi connectivity index (χ2n) is 7.83. The van der Waals surface area contributed by atoms with Crippen molar-refractivity contribution in [2.45, 2.75) is 60.9 Å². The van der Waals surface area contributed by atoms with Gasteiger partial charge in [-0.3, -0.25) is 0 Å². The molecule has 1 atom stereocenters. The number of hydrogen-bond donors (Lipinski definition) is 1. The molecule has 1 saturated carbocycles. The van der Waals surface area contributed by atoms with Crippen LogP contribution in [-0.4, -0.2) is 6.54 Å². The van der Waals surface area contributed by atoms with E-state index in [2.05, 4.69) is 46.0 Å². The van der Waals surface area contributed by atoms with Gasteiger partial charge in [0.25, 0.3) is 0 Å². The summed E-state index contributed by atoms with van der Waals surface area (Å²) in [4.78, 5) is 0. The summed E-state index contributed by atoms with van der Waals surface area (Å²) in [7, 11) is 0. The predicted octanol–water partition coefficient (Wildman–Crippen LogP) is 5.17. The summed E-state index contributed by atoms with van der Waals surface area (Å²) in [5.41, 5.74) is 3.42. The van der Waals surface area contributed by atoms with Crippen LogP contribution in [-0.2, 0) is 0 Å².